The standard InChI is InChI=1S/C11H18N2O3S/c1-2-13(6-9-4-3-5-16-9)11-8-17(14,15)7-10(11)12/h3-5,10-11H,2,6-8,12H2,1H3. The quantitative estimate of drug-likeness (QED) is 0.836. The zero-order valence-corrected chi connectivity index (χ0v) is 10.7. The third kappa shape index (κ3) is 2.88. The number of sulfone groups is 1. The molecule has 1 aliphatic heterocycles. The first-order chi connectivity index (χ1) is 8.02. The van der Waals surface area contributed by atoms with Crippen molar-refractivity contribution in [3.63, 3.8) is 0 Å². The average molecular weight is 258 g/mol. The Balaban J connectivity index is 2.09. The normalized spacial score (nSPS) is 27.7. The highest BCUT2D eigenvalue weighted by molar-refractivity contribution is 7.91. The summed E-state index contributed by atoms with van der Waals surface area (Å²) < 4.78 is 28.4. The lowest BCUT2D eigenvalue weighted by Gasteiger charge is -2.28. The largest absolute Gasteiger partial charge is 0.468 e. The van der Waals surface area contributed by atoms with Gasteiger partial charge in [0.15, 0.2) is 9.84 Å². The monoisotopic (exact) mass is 258 g/mol. The Hall–Kier alpha value is -0.850. The van der Waals surface area contributed by atoms with Gasteiger partial charge in [0.05, 0.1) is 24.3 Å². The highest BCUT2D eigenvalue weighted by atomic mass is 32.2. The van der Waals surface area contributed by atoms with Crippen molar-refractivity contribution < 1.29 is 12.8 Å². The molecule has 17 heavy (non-hydrogen) atoms. The van der Waals surface area contributed by atoms with Gasteiger partial charge in [0.2, 0.25) is 0 Å². The molecule has 0 aliphatic carbocycles. The Morgan fingerprint density at radius 2 is 2.29 bits per heavy atom. The van der Waals surface area contributed by atoms with Crippen molar-refractivity contribution in [3.8, 4) is 0 Å². The van der Waals surface area contributed by atoms with E-state index in [9.17, 15) is 8.42 Å². The summed E-state index contributed by atoms with van der Waals surface area (Å²) in [5.41, 5.74) is 5.91. The molecule has 2 heterocycles. The number of likely N-dealkylation sites (N-methyl/N-ethyl adjacent to an activating group) is 1. The van der Waals surface area contributed by atoms with Crippen molar-refractivity contribution >= 4 is 9.84 Å². The second-order valence-electron chi connectivity index (χ2n) is 4.45. The molecule has 1 aromatic rings. The van der Waals surface area contributed by atoms with Gasteiger partial charge >= 0.3 is 0 Å². The highest BCUT2D eigenvalue weighted by Gasteiger charge is 2.38. The van der Waals surface area contributed by atoms with E-state index < -0.39 is 9.84 Å². The van der Waals surface area contributed by atoms with Crippen molar-refractivity contribution in [1.82, 2.24) is 4.90 Å². The van der Waals surface area contributed by atoms with Crippen LogP contribution in [0.2, 0.25) is 0 Å². The second kappa shape index (κ2) is 4.80. The fourth-order valence-electron chi connectivity index (χ4n) is 2.30. The fourth-order valence-corrected chi connectivity index (χ4v) is 4.22. The maximum Gasteiger partial charge on any atom is 0.153 e. The smallest absolute Gasteiger partial charge is 0.153 e. The Labute approximate surface area is 101 Å². The molecule has 2 atom stereocenters. The first-order valence-corrected chi connectivity index (χ1v) is 7.56. The summed E-state index contributed by atoms with van der Waals surface area (Å²) in [7, 11) is -2.98. The van der Waals surface area contributed by atoms with E-state index in [0.717, 1.165) is 12.3 Å². The van der Waals surface area contributed by atoms with Crippen LogP contribution in [-0.2, 0) is 16.4 Å². The molecule has 1 fully saturated rings. The first kappa shape index (κ1) is 12.6. The van der Waals surface area contributed by atoms with Gasteiger partial charge < -0.3 is 10.2 Å². The fraction of sp³-hybridized carbons (Fsp3) is 0.636. The summed E-state index contributed by atoms with van der Waals surface area (Å²) in [4.78, 5) is 2.06. The van der Waals surface area contributed by atoms with E-state index in [1.54, 1.807) is 6.26 Å². The highest BCUT2D eigenvalue weighted by Crippen LogP contribution is 2.19. The van der Waals surface area contributed by atoms with E-state index in [4.69, 9.17) is 10.2 Å². The topological polar surface area (TPSA) is 76.5 Å². The minimum Gasteiger partial charge on any atom is -0.468 e. The molecule has 2 unspecified atom stereocenters. The van der Waals surface area contributed by atoms with Crippen LogP contribution >= 0.6 is 0 Å². The van der Waals surface area contributed by atoms with Crippen LogP contribution in [-0.4, -0.2) is 43.5 Å². The van der Waals surface area contributed by atoms with E-state index >= 15 is 0 Å². The van der Waals surface area contributed by atoms with Crippen LogP contribution in [0.25, 0.3) is 0 Å². The molecule has 2 rings (SSSR count). The molecule has 1 saturated heterocycles. The zero-order chi connectivity index (χ0) is 12.5. The number of rotatable bonds is 4. The van der Waals surface area contributed by atoms with Crippen LogP contribution in [0.1, 0.15) is 12.7 Å². The van der Waals surface area contributed by atoms with Gasteiger partial charge in [0.1, 0.15) is 5.76 Å². The SMILES string of the molecule is CCN(Cc1ccco1)C1CS(=O)(=O)CC1N. The molecule has 6 heteroatoms. The van der Waals surface area contributed by atoms with E-state index in [-0.39, 0.29) is 23.6 Å². The molecule has 1 aromatic heterocycles. The third-order valence-electron chi connectivity index (χ3n) is 3.18. The summed E-state index contributed by atoms with van der Waals surface area (Å²) in [6, 6.07) is 3.32. The van der Waals surface area contributed by atoms with Gasteiger partial charge in [-0.3, -0.25) is 4.90 Å². The Morgan fingerprint density at radius 1 is 1.53 bits per heavy atom. The average Bonchev–Trinajstić information content (AvgIpc) is 2.82. The summed E-state index contributed by atoms with van der Waals surface area (Å²) >= 11 is 0. The lowest BCUT2D eigenvalue weighted by atomic mass is 10.1. The van der Waals surface area contributed by atoms with Gasteiger partial charge in [-0.1, -0.05) is 6.92 Å². The lowest BCUT2D eigenvalue weighted by molar-refractivity contribution is 0.185. The minimum atomic E-state index is -2.98. The molecule has 0 radical (unpaired) electrons. The van der Waals surface area contributed by atoms with Crippen LogP contribution in [0.4, 0.5) is 0 Å². The van der Waals surface area contributed by atoms with E-state index in [1.165, 1.54) is 0 Å². The number of hydrogen-bond acceptors (Lipinski definition) is 5. The molecule has 2 N–H and O–H groups in total. The maximum absolute atomic E-state index is 11.5. The Morgan fingerprint density at radius 3 is 2.76 bits per heavy atom. The number of hydrogen-bond donors (Lipinski definition) is 1. The van der Waals surface area contributed by atoms with Gasteiger partial charge in [-0.2, -0.15) is 0 Å². The van der Waals surface area contributed by atoms with Gasteiger partial charge in [0.25, 0.3) is 0 Å². The summed E-state index contributed by atoms with van der Waals surface area (Å²) in [6.45, 7) is 3.37. The molecular weight excluding hydrogens is 240 g/mol. The Bertz CT molecular complexity index is 455. The van der Waals surface area contributed by atoms with Crippen molar-refractivity contribution in [2.75, 3.05) is 18.1 Å². The number of nitrogens with zero attached hydrogens (tertiary/aromatic N) is 1. The molecule has 0 saturated carbocycles. The predicted molar refractivity (Wildman–Crippen MR) is 65.2 cm³/mol. The molecule has 0 aromatic carbocycles. The van der Waals surface area contributed by atoms with Crippen LogP contribution in [0.15, 0.2) is 22.8 Å². The van der Waals surface area contributed by atoms with Crippen LogP contribution in [0.3, 0.4) is 0 Å². The summed E-state index contributed by atoms with van der Waals surface area (Å²) in [5.74, 6) is 1.08. The molecule has 5 nitrogen and oxygen atoms in total. The molecule has 96 valence electrons. The van der Waals surface area contributed by atoms with Crippen LogP contribution in [0, 0.1) is 0 Å². The number of nitrogens with two attached hydrogens (primary N) is 1. The summed E-state index contributed by atoms with van der Waals surface area (Å²) in [5, 5.41) is 0. The molecular formula is C11H18N2O3S. The van der Waals surface area contributed by atoms with Gasteiger partial charge in [-0.15, -0.1) is 0 Å². The van der Waals surface area contributed by atoms with Gasteiger partial charge in [-0.25, -0.2) is 8.42 Å². The molecule has 1 aliphatic rings. The molecule has 0 bridgehead atoms. The van der Waals surface area contributed by atoms with E-state index in [2.05, 4.69) is 4.90 Å². The van der Waals surface area contributed by atoms with E-state index in [1.807, 2.05) is 19.1 Å². The van der Waals surface area contributed by atoms with Gasteiger partial charge in [-0.05, 0) is 18.7 Å². The summed E-state index contributed by atoms with van der Waals surface area (Å²) in [6.07, 6.45) is 1.62. The lowest BCUT2D eigenvalue weighted by Crippen LogP contribution is -2.46. The number of furan rings is 1. The van der Waals surface area contributed by atoms with Gasteiger partial charge in [0, 0.05) is 12.1 Å². The molecule has 0 spiro atoms. The minimum absolute atomic E-state index is 0.0896. The van der Waals surface area contributed by atoms with Crippen molar-refractivity contribution in [3.05, 3.63) is 24.2 Å². The zero-order valence-electron chi connectivity index (χ0n) is 9.87. The van der Waals surface area contributed by atoms with Crippen molar-refractivity contribution in [2.24, 2.45) is 5.73 Å². The third-order valence-corrected chi connectivity index (χ3v) is 4.92. The van der Waals surface area contributed by atoms with Crippen LogP contribution in [0.5, 0.6) is 0 Å². The molecule has 0 amide bonds. The van der Waals surface area contributed by atoms with Crippen molar-refractivity contribution in [1.29, 1.82) is 0 Å². The first-order valence-electron chi connectivity index (χ1n) is 5.74. The van der Waals surface area contributed by atoms with Crippen molar-refractivity contribution in [2.45, 2.75) is 25.6 Å². The Kier molecular flexibility index (Phi) is 3.56. The second-order valence-corrected chi connectivity index (χ2v) is 6.60. The predicted octanol–water partition coefficient (Wildman–Crippen LogP) is 0.226. The maximum atomic E-state index is 11.5. The van der Waals surface area contributed by atoms with Crippen LogP contribution < -0.4 is 5.73 Å². The van der Waals surface area contributed by atoms with E-state index in [0.29, 0.717) is 6.54 Å².